The average Bonchev–Trinajstić information content (AvgIpc) is 2.72. The van der Waals surface area contributed by atoms with Crippen molar-refractivity contribution in [3.05, 3.63) is 35.9 Å². The Hall–Kier alpha value is -1.39. The molecule has 2 fully saturated rings. The van der Waals surface area contributed by atoms with Crippen molar-refractivity contribution in [3.8, 4) is 0 Å². The minimum Gasteiger partial charge on any atom is -0.462 e. The molecule has 0 saturated carbocycles. The zero-order chi connectivity index (χ0) is 14.8. The van der Waals surface area contributed by atoms with Gasteiger partial charge in [0.05, 0.1) is 6.61 Å². The molecule has 0 amide bonds. The SMILES string of the molecule is CN1C2CCC1CC(OC(=O)C([13CH2]O)c1ccccc1)C2. The van der Waals surface area contributed by atoms with Crippen molar-refractivity contribution in [3.63, 3.8) is 0 Å². The van der Waals surface area contributed by atoms with Crippen LogP contribution in [0.4, 0.5) is 0 Å². The maximum absolute atomic E-state index is 12.4. The molecule has 2 bridgehead atoms. The van der Waals surface area contributed by atoms with E-state index < -0.39 is 5.92 Å². The Balaban J connectivity index is 1.63. The number of hydrogen-bond donors (Lipinski definition) is 1. The van der Waals surface area contributed by atoms with Crippen LogP contribution >= 0.6 is 0 Å². The van der Waals surface area contributed by atoms with E-state index in [-0.39, 0.29) is 18.7 Å². The van der Waals surface area contributed by atoms with Gasteiger partial charge in [0, 0.05) is 12.1 Å². The number of aliphatic hydroxyl groups excluding tert-OH is 1. The summed E-state index contributed by atoms with van der Waals surface area (Å²) in [5.41, 5.74) is 0.820. The van der Waals surface area contributed by atoms with Crippen LogP contribution in [-0.2, 0) is 9.53 Å². The topological polar surface area (TPSA) is 49.8 Å². The lowest BCUT2D eigenvalue weighted by Crippen LogP contribution is -2.43. The Kier molecular flexibility index (Phi) is 4.27. The van der Waals surface area contributed by atoms with Gasteiger partial charge in [0.25, 0.3) is 0 Å². The van der Waals surface area contributed by atoms with E-state index in [0.29, 0.717) is 12.1 Å². The minimum atomic E-state index is -0.566. The number of nitrogens with zero attached hydrogens (tertiary/aromatic N) is 1. The van der Waals surface area contributed by atoms with E-state index in [2.05, 4.69) is 11.9 Å². The van der Waals surface area contributed by atoms with Crippen molar-refractivity contribution < 1.29 is 14.6 Å². The predicted molar refractivity (Wildman–Crippen MR) is 80.0 cm³/mol. The zero-order valence-corrected chi connectivity index (χ0v) is 12.4. The summed E-state index contributed by atoms with van der Waals surface area (Å²) in [6, 6.07) is 10.5. The highest BCUT2D eigenvalue weighted by molar-refractivity contribution is 5.78. The number of ether oxygens (including phenoxy) is 1. The van der Waals surface area contributed by atoms with Crippen molar-refractivity contribution in [1.82, 2.24) is 4.90 Å². The first kappa shape index (κ1) is 14.5. The van der Waals surface area contributed by atoms with Gasteiger partial charge in [-0.2, -0.15) is 0 Å². The van der Waals surface area contributed by atoms with Gasteiger partial charge in [-0.15, -0.1) is 0 Å². The Bertz CT molecular complexity index is 476. The van der Waals surface area contributed by atoms with Crippen molar-refractivity contribution in [2.75, 3.05) is 13.7 Å². The number of aliphatic hydroxyl groups is 1. The second kappa shape index (κ2) is 6.16. The second-order valence-corrected chi connectivity index (χ2v) is 6.23. The van der Waals surface area contributed by atoms with E-state index in [1.54, 1.807) is 0 Å². The monoisotopic (exact) mass is 290 g/mol. The molecule has 0 aliphatic carbocycles. The molecule has 3 rings (SSSR count). The summed E-state index contributed by atoms with van der Waals surface area (Å²) in [6.45, 7) is -0.206. The maximum atomic E-state index is 12.4. The molecule has 114 valence electrons. The number of benzene rings is 1. The van der Waals surface area contributed by atoms with Gasteiger partial charge in [0.15, 0.2) is 0 Å². The van der Waals surface area contributed by atoms with Crippen LogP contribution in [0.2, 0.25) is 0 Å². The second-order valence-electron chi connectivity index (χ2n) is 6.23. The Labute approximate surface area is 125 Å². The fourth-order valence-electron chi connectivity index (χ4n) is 3.71. The molecule has 0 radical (unpaired) electrons. The first-order chi connectivity index (χ1) is 10.2. The average molecular weight is 290 g/mol. The highest BCUT2D eigenvalue weighted by Crippen LogP contribution is 2.36. The van der Waals surface area contributed by atoms with Gasteiger partial charge >= 0.3 is 5.97 Å². The highest BCUT2D eigenvalue weighted by atomic mass is 16.5. The molecule has 2 heterocycles. The fraction of sp³-hybridized carbons (Fsp3) is 0.588. The van der Waals surface area contributed by atoms with Crippen LogP contribution in [0.1, 0.15) is 37.2 Å². The highest BCUT2D eigenvalue weighted by Gasteiger charge is 2.40. The van der Waals surface area contributed by atoms with Gasteiger partial charge < -0.3 is 14.7 Å². The first-order valence-electron chi connectivity index (χ1n) is 7.77. The smallest absolute Gasteiger partial charge is 0.316 e. The molecule has 4 heteroatoms. The molecule has 4 nitrogen and oxygen atoms in total. The van der Waals surface area contributed by atoms with Crippen LogP contribution in [0.25, 0.3) is 0 Å². The van der Waals surface area contributed by atoms with Crippen molar-refractivity contribution >= 4 is 5.97 Å². The van der Waals surface area contributed by atoms with E-state index in [4.69, 9.17) is 4.74 Å². The van der Waals surface area contributed by atoms with Gasteiger partial charge in [-0.1, -0.05) is 30.3 Å². The normalized spacial score (nSPS) is 30.1. The first-order valence-corrected chi connectivity index (χ1v) is 7.77. The molecule has 2 saturated heterocycles. The van der Waals surface area contributed by atoms with Crippen molar-refractivity contribution in [1.29, 1.82) is 0 Å². The summed E-state index contributed by atoms with van der Waals surface area (Å²) in [7, 11) is 2.17. The number of carbonyl (C=O) groups is 1. The molecule has 1 aromatic carbocycles. The third-order valence-corrected chi connectivity index (χ3v) is 5.01. The summed E-state index contributed by atoms with van der Waals surface area (Å²) in [5, 5.41) is 9.53. The molecule has 21 heavy (non-hydrogen) atoms. The largest absolute Gasteiger partial charge is 0.462 e. The molecule has 2 aliphatic heterocycles. The van der Waals surface area contributed by atoms with Crippen LogP contribution in [-0.4, -0.2) is 47.8 Å². The van der Waals surface area contributed by atoms with Crippen LogP contribution < -0.4 is 0 Å². The number of rotatable bonds is 4. The van der Waals surface area contributed by atoms with E-state index in [1.807, 2.05) is 30.3 Å². The number of fused-ring (bicyclic) bond motifs is 2. The van der Waals surface area contributed by atoms with Crippen LogP contribution in [0.5, 0.6) is 0 Å². The standard InChI is InChI=1S/C17H23NO3/c1-18-13-7-8-14(18)10-15(9-13)21-17(20)16(11-19)12-5-3-2-4-6-12/h2-6,13-16,19H,7-11H2,1H3/i11+1. The molecule has 1 aromatic rings. The lowest BCUT2D eigenvalue weighted by molar-refractivity contribution is -0.155. The van der Waals surface area contributed by atoms with Crippen molar-refractivity contribution in [2.45, 2.75) is 49.8 Å². The Morgan fingerprint density at radius 2 is 1.90 bits per heavy atom. The molecular weight excluding hydrogens is 267 g/mol. The number of hydrogen-bond acceptors (Lipinski definition) is 4. The summed E-state index contributed by atoms with van der Waals surface area (Å²) >= 11 is 0. The van der Waals surface area contributed by atoms with Gasteiger partial charge in [-0.3, -0.25) is 4.79 Å². The van der Waals surface area contributed by atoms with E-state index >= 15 is 0 Å². The van der Waals surface area contributed by atoms with E-state index in [1.165, 1.54) is 12.8 Å². The van der Waals surface area contributed by atoms with E-state index in [9.17, 15) is 9.90 Å². The van der Waals surface area contributed by atoms with Gasteiger partial charge in [0.2, 0.25) is 0 Å². The van der Waals surface area contributed by atoms with Crippen LogP contribution in [0.15, 0.2) is 30.3 Å². The number of piperidine rings is 1. The minimum absolute atomic E-state index is 0.00367. The Morgan fingerprint density at radius 3 is 2.48 bits per heavy atom. The third kappa shape index (κ3) is 2.97. The lowest BCUT2D eigenvalue weighted by atomic mass is 10.00. The van der Waals surface area contributed by atoms with Crippen molar-refractivity contribution in [2.24, 2.45) is 0 Å². The van der Waals surface area contributed by atoms with Crippen LogP contribution in [0.3, 0.4) is 0 Å². The molecule has 2 aliphatic rings. The third-order valence-electron chi connectivity index (χ3n) is 5.01. The van der Waals surface area contributed by atoms with Gasteiger partial charge in [-0.25, -0.2) is 0 Å². The molecule has 0 spiro atoms. The summed E-state index contributed by atoms with van der Waals surface area (Å²) in [5.74, 6) is -0.860. The molecule has 3 unspecified atom stereocenters. The predicted octanol–water partition coefficient (Wildman–Crippen LogP) is 1.93. The van der Waals surface area contributed by atoms with Gasteiger partial charge in [-0.05, 0) is 38.3 Å². The Morgan fingerprint density at radius 1 is 1.29 bits per heavy atom. The summed E-state index contributed by atoms with van der Waals surface area (Å²) in [6.07, 6.45) is 4.26. The number of esters is 1. The lowest BCUT2D eigenvalue weighted by Gasteiger charge is -2.36. The summed E-state index contributed by atoms with van der Waals surface area (Å²) in [4.78, 5) is 14.8. The fourth-order valence-corrected chi connectivity index (χ4v) is 3.71. The molecule has 0 aromatic heterocycles. The quantitative estimate of drug-likeness (QED) is 0.680. The molecular formula is C17H23NO3. The number of carbonyl (C=O) groups excluding carboxylic acids is 1. The van der Waals surface area contributed by atoms with Crippen LogP contribution in [0, 0.1) is 0 Å². The molecule has 3 atom stereocenters. The zero-order valence-electron chi connectivity index (χ0n) is 12.4. The maximum Gasteiger partial charge on any atom is 0.316 e. The molecule has 1 N–H and O–H groups in total. The van der Waals surface area contributed by atoms with E-state index in [0.717, 1.165) is 18.4 Å². The van der Waals surface area contributed by atoms with Gasteiger partial charge in [0.1, 0.15) is 12.0 Å². The summed E-state index contributed by atoms with van der Waals surface area (Å²) < 4.78 is 5.70.